The lowest BCUT2D eigenvalue weighted by Gasteiger charge is -2.15. The topological polar surface area (TPSA) is 85.1 Å². The van der Waals surface area contributed by atoms with Gasteiger partial charge in [-0.3, -0.25) is 14.6 Å². The van der Waals surface area contributed by atoms with Gasteiger partial charge in [0.05, 0.1) is 11.9 Å². The molecule has 3 N–H and O–H groups in total. The van der Waals surface area contributed by atoms with Crippen LogP contribution in [-0.4, -0.2) is 22.8 Å². The van der Waals surface area contributed by atoms with Crippen molar-refractivity contribution >= 4 is 22.7 Å². The number of fused-ring (bicyclic) bond motifs is 1. The first-order chi connectivity index (χ1) is 12.9. The highest BCUT2D eigenvalue weighted by Gasteiger charge is 2.20. The Hall–Kier alpha value is -3.35. The van der Waals surface area contributed by atoms with E-state index in [2.05, 4.69) is 10.3 Å². The summed E-state index contributed by atoms with van der Waals surface area (Å²) in [6.07, 6.45) is -0.0736. The Morgan fingerprint density at radius 2 is 1.81 bits per heavy atom. The van der Waals surface area contributed by atoms with Gasteiger partial charge < -0.3 is 11.1 Å². The Labute approximate surface area is 154 Å². The van der Waals surface area contributed by atoms with E-state index in [-0.39, 0.29) is 12.8 Å². The molecule has 0 fully saturated rings. The standard InChI is InChI=1S/C20H17F2N3O2/c21-15-8-5-12(9-16(15)22)10-19(26)25-18(20(23)27)11-14-7-6-13-3-1-2-4-17(13)24-14/h1-9,18H,10-11H2,(H2,23,27)(H,25,26)/t18-/m0/s1. The first-order valence-electron chi connectivity index (χ1n) is 8.29. The lowest BCUT2D eigenvalue weighted by molar-refractivity contribution is -0.127. The molecule has 7 heteroatoms. The molecule has 2 amide bonds. The predicted octanol–water partition coefficient (Wildman–Crippen LogP) is 2.27. The monoisotopic (exact) mass is 369 g/mol. The average molecular weight is 369 g/mol. The smallest absolute Gasteiger partial charge is 0.240 e. The van der Waals surface area contributed by atoms with Gasteiger partial charge in [0.2, 0.25) is 11.8 Å². The second kappa shape index (κ2) is 7.90. The molecule has 138 valence electrons. The quantitative estimate of drug-likeness (QED) is 0.699. The molecular formula is C20H17F2N3O2. The Balaban J connectivity index is 1.69. The van der Waals surface area contributed by atoms with Gasteiger partial charge in [-0.2, -0.15) is 0 Å². The summed E-state index contributed by atoms with van der Waals surface area (Å²) < 4.78 is 26.2. The van der Waals surface area contributed by atoms with Crippen molar-refractivity contribution in [3.63, 3.8) is 0 Å². The van der Waals surface area contributed by atoms with Crippen LogP contribution in [0.25, 0.3) is 10.9 Å². The zero-order valence-corrected chi connectivity index (χ0v) is 14.3. The number of nitrogens with zero attached hydrogens (tertiary/aromatic N) is 1. The van der Waals surface area contributed by atoms with Crippen molar-refractivity contribution in [2.75, 3.05) is 0 Å². The number of primary amides is 1. The largest absolute Gasteiger partial charge is 0.368 e. The number of rotatable bonds is 6. The molecule has 0 spiro atoms. The van der Waals surface area contributed by atoms with Crippen LogP contribution in [-0.2, 0) is 22.4 Å². The van der Waals surface area contributed by atoms with E-state index >= 15 is 0 Å². The minimum atomic E-state index is -1.04. The maximum Gasteiger partial charge on any atom is 0.240 e. The molecule has 0 unspecified atom stereocenters. The molecule has 2 aromatic carbocycles. The van der Waals surface area contributed by atoms with E-state index in [1.165, 1.54) is 6.07 Å². The third kappa shape index (κ3) is 4.63. The number of hydrogen-bond donors (Lipinski definition) is 2. The zero-order chi connectivity index (χ0) is 19.4. The SMILES string of the molecule is NC(=O)[C@H](Cc1ccc2ccccc2n1)NC(=O)Cc1ccc(F)c(F)c1. The molecule has 1 atom stereocenters. The zero-order valence-electron chi connectivity index (χ0n) is 14.3. The number of benzene rings is 2. The van der Waals surface area contributed by atoms with Crippen LogP contribution >= 0.6 is 0 Å². The van der Waals surface area contributed by atoms with Crippen molar-refractivity contribution in [1.29, 1.82) is 0 Å². The highest BCUT2D eigenvalue weighted by molar-refractivity contribution is 5.87. The van der Waals surface area contributed by atoms with E-state index in [0.717, 1.165) is 23.0 Å². The van der Waals surface area contributed by atoms with Crippen LogP contribution in [0.2, 0.25) is 0 Å². The molecule has 0 radical (unpaired) electrons. The van der Waals surface area contributed by atoms with Crippen LogP contribution in [0.4, 0.5) is 8.78 Å². The number of pyridine rings is 1. The molecule has 1 aromatic heterocycles. The number of amides is 2. The summed E-state index contributed by atoms with van der Waals surface area (Å²) in [5.41, 5.74) is 7.05. The van der Waals surface area contributed by atoms with Gasteiger partial charge in [-0.25, -0.2) is 8.78 Å². The van der Waals surface area contributed by atoms with Gasteiger partial charge in [0.25, 0.3) is 0 Å². The second-order valence-corrected chi connectivity index (χ2v) is 6.15. The molecule has 1 heterocycles. The van der Waals surface area contributed by atoms with Crippen LogP contribution in [0.15, 0.2) is 54.6 Å². The molecular weight excluding hydrogens is 352 g/mol. The highest BCUT2D eigenvalue weighted by Crippen LogP contribution is 2.13. The van der Waals surface area contributed by atoms with Gasteiger partial charge in [0, 0.05) is 17.5 Å². The maximum atomic E-state index is 13.2. The van der Waals surface area contributed by atoms with Crippen LogP contribution in [0, 0.1) is 11.6 Å². The van der Waals surface area contributed by atoms with Gasteiger partial charge in [0.1, 0.15) is 6.04 Å². The van der Waals surface area contributed by atoms with Gasteiger partial charge in [-0.1, -0.05) is 30.3 Å². The predicted molar refractivity (Wildman–Crippen MR) is 96.6 cm³/mol. The normalized spacial score (nSPS) is 11.9. The minimum absolute atomic E-state index is 0.129. The summed E-state index contributed by atoms with van der Waals surface area (Å²) in [5, 5.41) is 3.48. The molecule has 5 nitrogen and oxygen atoms in total. The number of aromatic nitrogens is 1. The van der Waals surface area contributed by atoms with Gasteiger partial charge >= 0.3 is 0 Å². The summed E-state index contributed by atoms with van der Waals surface area (Å²) in [6.45, 7) is 0. The number of nitrogens with two attached hydrogens (primary N) is 1. The fourth-order valence-corrected chi connectivity index (χ4v) is 2.73. The fraction of sp³-hybridized carbons (Fsp3) is 0.150. The van der Waals surface area contributed by atoms with Crippen molar-refractivity contribution in [2.24, 2.45) is 5.73 Å². The molecule has 0 saturated heterocycles. The molecule has 27 heavy (non-hydrogen) atoms. The van der Waals surface area contributed by atoms with E-state index in [9.17, 15) is 18.4 Å². The highest BCUT2D eigenvalue weighted by atomic mass is 19.2. The van der Waals surface area contributed by atoms with E-state index in [4.69, 9.17) is 5.73 Å². The number of carbonyl (C=O) groups excluding carboxylic acids is 2. The summed E-state index contributed by atoms with van der Waals surface area (Å²) >= 11 is 0. The third-order valence-corrected chi connectivity index (χ3v) is 4.10. The molecule has 0 saturated carbocycles. The number of para-hydroxylation sites is 1. The number of carbonyl (C=O) groups is 2. The van der Waals surface area contributed by atoms with Crippen molar-refractivity contribution in [2.45, 2.75) is 18.9 Å². The Kier molecular flexibility index (Phi) is 5.40. The Morgan fingerprint density at radius 3 is 2.56 bits per heavy atom. The molecule has 0 bridgehead atoms. The molecule has 3 aromatic rings. The number of halogens is 2. The molecule has 0 aliphatic rings. The molecule has 3 rings (SSSR count). The van der Waals surface area contributed by atoms with Crippen molar-refractivity contribution in [3.8, 4) is 0 Å². The summed E-state index contributed by atoms with van der Waals surface area (Å²) in [4.78, 5) is 28.4. The van der Waals surface area contributed by atoms with Crippen molar-refractivity contribution < 1.29 is 18.4 Å². The van der Waals surface area contributed by atoms with Gasteiger partial charge in [-0.15, -0.1) is 0 Å². The molecule has 0 aliphatic heterocycles. The maximum absolute atomic E-state index is 13.2. The van der Waals surface area contributed by atoms with Crippen LogP contribution in [0.5, 0.6) is 0 Å². The Morgan fingerprint density at radius 1 is 1.04 bits per heavy atom. The fourth-order valence-electron chi connectivity index (χ4n) is 2.73. The summed E-state index contributed by atoms with van der Waals surface area (Å²) in [7, 11) is 0. The average Bonchev–Trinajstić information content (AvgIpc) is 2.64. The third-order valence-electron chi connectivity index (χ3n) is 4.10. The second-order valence-electron chi connectivity index (χ2n) is 6.15. The van der Waals surface area contributed by atoms with Crippen molar-refractivity contribution in [1.82, 2.24) is 10.3 Å². The number of hydrogen-bond acceptors (Lipinski definition) is 3. The van der Waals surface area contributed by atoms with E-state index in [1.54, 1.807) is 6.07 Å². The first-order valence-corrected chi connectivity index (χ1v) is 8.29. The van der Waals surface area contributed by atoms with Gasteiger partial charge in [-0.05, 0) is 29.8 Å². The number of nitrogens with one attached hydrogen (secondary N) is 1. The Bertz CT molecular complexity index is 1010. The van der Waals surface area contributed by atoms with Crippen LogP contribution < -0.4 is 11.1 Å². The van der Waals surface area contributed by atoms with Crippen LogP contribution in [0.3, 0.4) is 0 Å². The minimum Gasteiger partial charge on any atom is -0.368 e. The van der Waals surface area contributed by atoms with Crippen LogP contribution in [0.1, 0.15) is 11.3 Å². The summed E-state index contributed by atoms with van der Waals surface area (Å²) in [6, 6.07) is 13.4. The lowest BCUT2D eigenvalue weighted by Crippen LogP contribution is -2.46. The lowest BCUT2D eigenvalue weighted by atomic mass is 10.1. The first kappa shape index (κ1) is 18.4. The van der Waals surface area contributed by atoms with Crippen molar-refractivity contribution in [3.05, 3.63) is 77.5 Å². The summed E-state index contributed by atoms with van der Waals surface area (Å²) in [5.74, 6) is -3.25. The van der Waals surface area contributed by atoms with E-state index in [0.29, 0.717) is 11.3 Å². The van der Waals surface area contributed by atoms with Gasteiger partial charge in [0.15, 0.2) is 11.6 Å². The molecule has 0 aliphatic carbocycles. The van der Waals surface area contributed by atoms with E-state index in [1.807, 2.05) is 30.3 Å². The van der Waals surface area contributed by atoms with E-state index < -0.39 is 29.5 Å².